The largest absolute Gasteiger partial charge is 0.335 e. The number of carbonyl (C=O) groups is 1. The third-order valence-electron chi connectivity index (χ3n) is 4.52. The molecule has 1 aromatic heterocycles. The number of rotatable bonds is 5. The van der Waals surface area contributed by atoms with Crippen LogP contribution in [0.3, 0.4) is 0 Å². The quantitative estimate of drug-likeness (QED) is 0.921. The van der Waals surface area contributed by atoms with E-state index < -0.39 is 0 Å². The van der Waals surface area contributed by atoms with E-state index in [1.165, 1.54) is 19.3 Å². The van der Waals surface area contributed by atoms with Crippen molar-refractivity contribution in [3.63, 3.8) is 0 Å². The van der Waals surface area contributed by atoms with E-state index in [-0.39, 0.29) is 5.91 Å². The van der Waals surface area contributed by atoms with Crippen LogP contribution >= 0.6 is 0 Å². The molecule has 0 spiro atoms. The molecular weight excluding hydrogens is 290 g/mol. The number of carbonyl (C=O) groups excluding carboxylic acids is 1. The lowest BCUT2D eigenvalue weighted by atomic mass is 9.93. The molecule has 122 valence electrons. The maximum absolute atomic E-state index is 12.4. The summed E-state index contributed by atoms with van der Waals surface area (Å²) in [5, 5.41) is 14.1. The van der Waals surface area contributed by atoms with Gasteiger partial charge in [-0.3, -0.25) is 4.79 Å². The highest BCUT2D eigenvalue weighted by Gasteiger charge is 2.24. The van der Waals surface area contributed by atoms with E-state index in [1.54, 1.807) is 0 Å². The molecule has 1 aromatic carbocycles. The van der Waals surface area contributed by atoms with Crippen LogP contribution in [0.2, 0.25) is 0 Å². The van der Waals surface area contributed by atoms with Crippen molar-refractivity contribution in [2.75, 3.05) is 0 Å². The van der Waals surface area contributed by atoms with E-state index in [4.69, 9.17) is 0 Å². The van der Waals surface area contributed by atoms with Gasteiger partial charge >= 0.3 is 0 Å². The predicted molar refractivity (Wildman–Crippen MR) is 87.3 cm³/mol. The SMILES string of the molecule is CCC(=O)N(Cc1cccc(-c2nn[nH]n2)c1)C1CCCCC1. The van der Waals surface area contributed by atoms with Crippen LogP contribution in [0.25, 0.3) is 11.4 Å². The van der Waals surface area contributed by atoms with E-state index in [0.717, 1.165) is 24.0 Å². The Morgan fingerprint density at radius 2 is 2.13 bits per heavy atom. The van der Waals surface area contributed by atoms with Crippen molar-refractivity contribution in [2.45, 2.75) is 58.0 Å². The van der Waals surface area contributed by atoms with Crippen LogP contribution < -0.4 is 0 Å². The van der Waals surface area contributed by atoms with Crippen LogP contribution in [0.15, 0.2) is 24.3 Å². The Labute approximate surface area is 136 Å². The third kappa shape index (κ3) is 3.75. The van der Waals surface area contributed by atoms with Crippen LogP contribution in [0, 0.1) is 0 Å². The Balaban J connectivity index is 1.79. The molecule has 0 atom stereocenters. The van der Waals surface area contributed by atoms with E-state index in [0.29, 0.717) is 24.8 Å². The number of H-pyrrole nitrogens is 1. The molecule has 0 saturated heterocycles. The lowest BCUT2D eigenvalue weighted by molar-refractivity contribution is -0.134. The van der Waals surface area contributed by atoms with Gasteiger partial charge in [0, 0.05) is 24.6 Å². The van der Waals surface area contributed by atoms with Gasteiger partial charge in [-0.15, -0.1) is 10.2 Å². The molecule has 6 nitrogen and oxygen atoms in total. The van der Waals surface area contributed by atoms with Crippen molar-refractivity contribution in [3.05, 3.63) is 29.8 Å². The molecule has 1 amide bonds. The van der Waals surface area contributed by atoms with Crippen LogP contribution in [0.4, 0.5) is 0 Å². The number of benzene rings is 1. The molecule has 1 aliphatic carbocycles. The van der Waals surface area contributed by atoms with Gasteiger partial charge in [0.15, 0.2) is 0 Å². The van der Waals surface area contributed by atoms with Crippen molar-refractivity contribution < 1.29 is 4.79 Å². The number of aromatic nitrogens is 4. The van der Waals surface area contributed by atoms with Crippen molar-refractivity contribution in [3.8, 4) is 11.4 Å². The van der Waals surface area contributed by atoms with Crippen molar-refractivity contribution in [2.24, 2.45) is 0 Å². The first-order chi connectivity index (χ1) is 11.3. The molecule has 1 fully saturated rings. The summed E-state index contributed by atoms with van der Waals surface area (Å²) >= 11 is 0. The summed E-state index contributed by atoms with van der Waals surface area (Å²) < 4.78 is 0. The molecule has 0 bridgehead atoms. The van der Waals surface area contributed by atoms with Gasteiger partial charge in [-0.1, -0.05) is 44.4 Å². The smallest absolute Gasteiger partial charge is 0.222 e. The summed E-state index contributed by atoms with van der Waals surface area (Å²) in [5.74, 6) is 0.819. The molecule has 3 rings (SSSR count). The number of amides is 1. The minimum atomic E-state index is 0.238. The molecule has 1 N–H and O–H groups in total. The average Bonchev–Trinajstić information content (AvgIpc) is 3.15. The highest BCUT2D eigenvalue weighted by Crippen LogP contribution is 2.25. The lowest BCUT2D eigenvalue weighted by Crippen LogP contribution is -2.40. The van der Waals surface area contributed by atoms with Gasteiger partial charge in [0.1, 0.15) is 0 Å². The standard InChI is InChI=1S/C17H23N5O/c1-2-16(23)22(15-9-4-3-5-10-15)12-13-7-6-8-14(11-13)17-18-20-21-19-17/h6-8,11,15H,2-5,9-10,12H2,1H3,(H,18,19,20,21). The average molecular weight is 313 g/mol. The second-order valence-corrected chi connectivity index (χ2v) is 6.10. The second-order valence-electron chi connectivity index (χ2n) is 6.10. The summed E-state index contributed by atoms with van der Waals surface area (Å²) in [4.78, 5) is 14.5. The topological polar surface area (TPSA) is 74.8 Å². The molecule has 1 saturated carbocycles. The first-order valence-electron chi connectivity index (χ1n) is 8.40. The Morgan fingerprint density at radius 1 is 1.30 bits per heavy atom. The number of hydrogen-bond acceptors (Lipinski definition) is 4. The number of hydrogen-bond donors (Lipinski definition) is 1. The molecule has 0 radical (unpaired) electrons. The molecule has 0 aliphatic heterocycles. The summed E-state index contributed by atoms with van der Waals surface area (Å²) in [6, 6.07) is 8.42. The minimum absolute atomic E-state index is 0.238. The highest BCUT2D eigenvalue weighted by molar-refractivity contribution is 5.76. The fourth-order valence-corrected chi connectivity index (χ4v) is 3.31. The number of aromatic amines is 1. The zero-order valence-electron chi connectivity index (χ0n) is 13.5. The van der Waals surface area contributed by atoms with Gasteiger partial charge < -0.3 is 4.90 Å². The Bertz CT molecular complexity index is 634. The van der Waals surface area contributed by atoms with E-state index in [9.17, 15) is 4.79 Å². The summed E-state index contributed by atoms with van der Waals surface area (Å²) in [5.41, 5.74) is 2.03. The second kappa shape index (κ2) is 7.35. The van der Waals surface area contributed by atoms with Gasteiger partial charge in [0.25, 0.3) is 0 Å². The van der Waals surface area contributed by atoms with Crippen LogP contribution in [-0.4, -0.2) is 37.5 Å². The number of tetrazole rings is 1. The summed E-state index contributed by atoms with van der Waals surface area (Å²) in [6.07, 6.45) is 6.54. The van der Waals surface area contributed by atoms with Crippen molar-refractivity contribution in [1.29, 1.82) is 0 Å². The summed E-state index contributed by atoms with van der Waals surface area (Å²) in [7, 11) is 0. The monoisotopic (exact) mass is 313 g/mol. The first-order valence-corrected chi connectivity index (χ1v) is 8.40. The molecule has 1 heterocycles. The zero-order valence-corrected chi connectivity index (χ0v) is 13.5. The van der Waals surface area contributed by atoms with Gasteiger partial charge in [-0.25, -0.2) is 0 Å². The molecular formula is C17H23N5O. The lowest BCUT2D eigenvalue weighted by Gasteiger charge is -2.34. The first kappa shape index (κ1) is 15.6. The van der Waals surface area contributed by atoms with Crippen molar-refractivity contribution >= 4 is 5.91 Å². The molecule has 0 unspecified atom stereocenters. The van der Waals surface area contributed by atoms with Crippen LogP contribution in [0.1, 0.15) is 51.0 Å². The Kier molecular flexibility index (Phi) is 5.00. The zero-order chi connectivity index (χ0) is 16.1. The van der Waals surface area contributed by atoms with E-state index in [2.05, 4.69) is 31.6 Å². The fourth-order valence-electron chi connectivity index (χ4n) is 3.31. The van der Waals surface area contributed by atoms with Gasteiger partial charge in [0.05, 0.1) is 0 Å². The van der Waals surface area contributed by atoms with Gasteiger partial charge in [-0.2, -0.15) is 5.21 Å². The Hall–Kier alpha value is -2.24. The van der Waals surface area contributed by atoms with E-state index >= 15 is 0 Å². The Morgan fingerprint density at radius 3 is 2.83 bits per heavy atom. The molecule has 2 aromatic rings. The molecule has 6 heteroatoms. The van der Waals surface area contributed by atoms with Crippen LogP contribution in [-0.2, 0) is 11.3 Å². The number of nitrogens with one attached hydrogen (secondary N) is 1. The maximum atomic E-state index is 12.4. The third-order valence-corrected chi connectivity index (χ3v) is 4.52. The van der Waals surface area contributed by atoms with Gasteiger partial charge in [0.2, 0.25) is 11.7 Å². The van der Waals surface area contributed by atoms with Crippen molar-refractivity contribution in [1.82, 2.24) is 25.5 Å². The fraction of sp³-hybridized carbons (Fsp3) is 0.529. The highest BCUT2D eigenvalue weighted by atomic mass is 16.2. The minimum Gasteiger partial charge on any atom is -0.335 e. The molecule has 23 heavy (non-hydrogen) atoms. The number of nitrogens with zero attached hydrogens (tertiary/aromatic N) is 4. The van der Waals surface area contributed by atoms with E-state index in [1.807, 2.05) is 25.1 Å². The normalized spacial score (nSPS) is 15.5. The van der Waals surface area contributed by atoms with Gasteiger partial charge in [-0.05, 0) is 29.7 Å². The summed E-state index contributed by atoms with van der Waals surface area (Å²) in [6.45, 7) is 2.59. The maximum Gasteiger partial charge on any atom is 0.222 e. The van der Waals surface area contributed by atoms with Crippen LogP contribution in [0.5, 0.6) is 0 Å². The molecule has 1 aliphatic rings. The predicted octanol–water partition coefficient (Wildman–Crippen LogP) is 2.94.